The van der Waals surface area contributed by atoms with E-state index in [1.165, 1.54) is 4.41 Å². The zero-order valence-electron chi connectivity index (χ0n) is 6.57. The fraction of sp³-hybridized carbons (Fsp3) is 1.00. The molecule has 4 nitrogen and oxygen atoms in total. The van der Waals surface area contributed by atoms with E-state index >= 15 is 0 Å². The van der Waals surface area contributed by atoms with Crippen molar-refractivity contribution in [2.45, 2.75) is 13.8 Å². The third-order valence-corrected chi connectivity index (χ3v) is 2.10. The quantitative estimate of drug-likeness (QED) is 0.460. The molecule has 0 bridgehead atoms. The molecule has 0 aliphatic carbocycles. The van der Waals surface area contributed by atoms with E-state index in [-0.39, 0.29) is 0 Å². The number of hydrazine groups is 1. The van der Waals surface area contributed by atoms with E-state index in [2.05, 4.69) is 0 Å². The van der Waals surface area contributed by atoms with Crippen molar-refractivity contribution in [2.24, 2.45) is 0 Å². The highest BCUT2D eigenvalue weighted by Gasteiger charge is 2.06. The van der Waals surface area contributed by atoms with Gasteiger partial charge in [-0.25, -0.2) is 13.4 Å². The molecule has 0 rings (SSSR count). The summed E-state index contributed by atoms with van der Waals surface area (Å²) < 4.78 is 22.0. The summed E-state index contributed by atoms with van der Waals surface area (Å²) in [7, 11) is -0.913. The molecule has 0 aromatic rings. The summed E-state index contributed by atoms with van der Waals surface area (Å²) >= 11 is 0. The maximum absolute atomic E-state index is 10.4. The molecule has 0 saturated heterocycles. The SMILES string of the molecule is CCN(CC)N(C)[SH](=O)=O. The Morgan fingerprint density at radius 1 is 1.20 bits per heavy atom. The summed E-state index contributed by atoms with van der Waals surface area (Å²) in [6, 6.07) is 0. The molecule has 0 atom stereocenters. The normalized spacial score (nSPS) is 11.8. The molecule has 0 heterocycles. The fourth-order valence-corrected chi connectivity index (χ4v) is 1.20. The van der Waals surface area contributed by atoms with E-state index < -0.39 is 10.9 Å². The van der Waals surface area contributed by atoms with Crippen LogP contribution >= 0.6 is 0 Å². The molecule has 0 aliphatic rings. The summed E-state index contributed by atoms with van der Waals surface area (Å²) in [4.78, 5) is 0. The van der Waals surface area contributed by atoms with Gasteiger partial charge in [0.2, 0.25) is 10.9 Å². The molecule has 0 amide bonds. The van der Waals surface area contributed by atoms with E-state index in [9.17, 15) is 8.42 Å². The van der Waals surface area contributed by atoms with Crippen LogP contribution in [0.3, 0.4) is 0 Å². The summed E-state index contributed by atoms with van der Waals surface area (Å²) in [5, 5.41) is 1.73. The Hall–Kier alpha value is -0.130. The molecule has 0 unspecified atom stereocenters. The molecule has 5 heteroatoms. The van der Waals surface area contributed by atoms with Gasteiger partial charge in [0.05, 0.1) is 0 Å². The lowest BCUT2D eigenvalue weighted by Gasteiger charge is -2.23. The highest BCUT2D eigenvalue weighted by Crippen LogP contribution is 1.91. The molecular formula is C5H14N2O2S. The Labute approximate surface area is 63.5 Å². The largest absolute Gasteiger partial charge is 0.229 e. The smallest absolute Gasteiger partial charge is 0.216 e. The van der Waals surface area contributed by atoms with Gasteiger partial charge in [0.1, 0.15) is 0 Å². The second-order valence-corrected chi connectivity index (χ2v) is 2.92. The lowest BCUT2D eigenvalue weighted by atomic mass is 10.6. The highest BCUT2D eigenvalue weighted by molar-refractivity contribution is 7.69. The van der Waals surface area contributed by atoms with E-state index in [1.54, 1.807) is 12.1 Å². The Morgan fingerprint density at radius 2 is 1.60 bits per heavy atom. The van der Waals surface area contributed by atoms with E-state index in [0.717, 1.165) is 13.1 Å². The van der Waals surface area contributed by atoms with Crippen LogP contribution in [-0.2, 0) is 10.9 Å². The molecule has 0 N–H and O–H groups in total. The van der Waals surface area contributed by atoms with Gasteiger partial charge >= 0.3 is 0 Å². The first kappa shape index (κ1) is 9.87. The lowest BCUT2D eigenvalue weighted by molar-refractivity contribution is 0.103. The minimum absolute atomic E-state index is 0.719. The minimum atomic E-state index is -2.45. The van der Waals surface area contributed by atoms with Gasteiger partial charge in [0.25, 0.3) is 0 Å². The van der Waals surface area contributed by atoms with Crippen LogP contribution in [-0.4, -0.2) is 38.0 Å². The summed E-state index contributed by atoms with van der Waals surface area (Å²) in [5.41, 5.74) is 0. The predicted molar refractivity (Wildman–Crippen MR) is 41.0 cm³/mol. The first-order valence-electron chi connectivity index (χ1n) is 3.26. The zero-order chi connectivity index (χ0) is 8.15. The fourth-order valence-electron chi connectivity index (χ4n) is 0.736. The summed E-state index contributed by atoms with van der Waals surface area (Å²) in [6.07, 6.45) is 0. The molecular weight excluding hydrogens is 152 g/mol. The number of nitrogens with zero attached hydrogens (tertiary/aromatic N) is 2. The number of hydrogen-bond donors (Lipinski definition) is 1. The van der Waals surface area contributed by atoms with Crippen LogP contribution in [0.4, 0.5) is 0 Å². The third kappa shape index (κ3) is 2.64. The van der Waals surface area contributed by atoms with Gasteiger partial charge < -0.3 is 0 Å². The van der Waals surface area contributed by atoms with Gasteiger partial charge in [-0.15, -0.1) is 4.41 Å². The maximum Gasteiger partial charge on any atom is 0.216 e. The number of thiol groups is 1. The average molecular weight is 166 g/mol. The second kappa shape index (κ2) is 4.65. The van der Waals surface area contributed by atoms with Gasteiger partial charge in [0.15, 0.2) is 0 Å². The van der Waals surface area contributed by atoms with Crippen molar-refractivity contribution in [3.8, 4) is 0 Å². The van der Waals surface area contributed by atoms with E-state index in [0.29, 0.717) is 0 Å². The molecule has 0 aliphatic heterocycles. The van der Waals surface area contributed by atoms with Crippen molar-refractivity contribution in [2.75, 3.05) is 20.1 Å². The van der Waals surface area contributed by atoms with Crippen molar-refractivity contribution < 1.29 is 8.42 Å². The molecule has 0 aromatic heterocycles. The van der Waals surface area contributed by atoms with Gasteiger partial charge in [-0.05, 0) is 0 Å². The number of rotatable bonds is 4. The monoisotopic (exact) mass is 166 g/mol. The number of hydrogen-bond acceptors (Lipinski definition) is 3. The Bertz CT molecular complexity index is 146. The van der Waals surface area contributed by atoms with Gasteiger partial charge in [-0.2, -0.15) is 0 Å². The first-order chi connectivity index (χ1) is 4.63. The third-order valence-electron chi connectivity index (χ3n) is 1.38. The minimum Gasteiger partial charge on any atom is -0.229 e. The van der Waals surface area contributed by atoms with Crippen LogP contribution in [0.15, 0.2) is 0 Å². The van der Waals surface area contributed by atoms with Crippen LogP contribution in [0.1, 0.15) is 13.8 Å². The van der Waals surface area contributed by atoms with Crippen molar-refractivity contribution in [3.05, 3.63) is 0 Å². The van der Waals surface area contributed by atoms with Gasteiger partial charge in [0, 0.05) is 20.1 Å². The van der Waals surface area contributed by atoms with Crippen LogP contribution in [0.25, 0.3) is 0 Å². The van der Waals surface area contributed by atoms with Gasteiger partial charge in [-0.1, -0.05) is 13.8 Å². The van der Waals surface area contributed by atoms with Crippen LogP contribution in [0.2, 0.25) is 0 Å². The van der Waals surface area contributed by atoms with Crippen molar-refractivity contribution in [1.82, 2.24) is 9.42 Å². The molecule has 0 spiro atoms. The molecule has 0 saturated carbocycles. The van der Waals surface area contributed by atoms with E-state index in [1.807, 2.05) is 13.8 Å². The Morgan fingerprint density at radius 3 is 1.70 bits per heavy atom. The summed E-state index contributed by atoms with van der Waals surface area (Å²) in [5.74, 6) is 0. The van der Waals surface area contributed by atoms with Crippen LogP contribution in [0, 0.1) is 0 Å². The molecule has 62 valence electrons. The summed E-state index contributed by atoms with van der Waals surface area (Å²) in [6.45, 7) is 5.27. The van der Waals surface area contributed by atoms with Gasteiger partial charge in [-0.3, -0.25) is 0 Å². The highest BCUT2D eigenvalue weighted by atomic mass is 32.2. The molecule has 0 aromatic carbocycles. The Balaban J connectivity index is 4.01. The topological polar surface area (TPSA) is 40.6 Å². The predicted octanol–water partition coefficient (Wildman–Crippen LogP) is -0.299. The standard InChI is InChI=1S/C5H14N2O2S/c1-4-7(5-2)6(3)10(8)9/h10H,4-5H2,1-3H3. The van der Waals surface area contributed by atoms with Crippen molar-refractivity contribution >= 4 is 10.9 Å². The molecule has 0 radical (unpaired) electrons. The zero-order valence-corrected chi connectivity index (χ0v) is 7.47. The molecule has 10 heavy (non-hydrogen) atoms. The van der Waals surface area contributed by atoms with Crippen LogP contribution < -0.4 is 0 Å². The van der Waals surface area contributed by atoms with E-state index in [4.69, 9.17) is 0 Å². The Kier molecular flexibility index (Phi) is 4.59. The van der Waals surface area contributed by atoms with Crippen LogP contribution in [0.5, 0.6) is 0 Å². The maximum atomic E-state index is 10.4. The first-order valence-corrected chi connectivity index (χ1v) is 4.39. The second-order valence-electron chi connectivity index (χ2n) is 1.87. The van der Waals surface area contributed by atoms with Crippen molar-refractivity contribution in [3.63, 3.8) is 0 Å². The van der Waals surface area contributed by atoms with Crippen molar-refractivity contribution in [1.29, 1.82) is 0 Å². The molecule has 0 fully saturated rings. The average Bonchev–Trinajstić information content (AvgIpc) is 1.90. The lowest BCUT2D eigenvalue weighted by Crippen LogP contribution is -2.38.